The normalized spacial score (nSPS) is 21.2. The topological polar surface area (TPSA) is 17.1 Å². The summed E-state index contributed by atoms with van der Waals surface area (Å²) in [4.78, 5) is 9.90. The van der Waals surface area contributed by atoms with Crippen molar-refractivity contribution >= 4 is 17.9 Å². The summed E-state index contributed by atoms with van der Waals surface area (Å²) in [6, 6.07) is 0. The second-order valence-electron chi connectivity index (χ2n) is 2.32. The van der Waals surface area contributed by atoms with E-state index in [-0.39, 0.29) is 0 Å². The summed E-state index contributed by atoms with van der Waals surface area (Å²) in [6.07, 6.45) is 5.77. The Bertz CT molecular complexity index is 136. The number of hydrogen-bond acceptors (Lipinski definition) is 1. The highest BCUT2D eigenvalue weighted by Crippen LogP contribution is 2.34. The lowest BCUT2D eigenvalue weighted by Crippen LogP contribution is -2.10. The lowest BCUT2D eigenvalue weighted by atomic mass is 9.85. The van der Waals surface area contributed by atoms with Crippen LogP contribution in [0.5, 0.6) is 0 Å². The van der Waals surface area contributed by atoms with E-state index in [4.69, 9.17) is 11.6 Å². The maximum atomic E-state index is 9.90. The lowest BCUT2D eigenvalue weighted by Gasteiger charge is -2.23. The standard InChI is InChI=1S/C7H9ClO/c8-7(4-5-9)6-2-1-3-6/h4-6H,1-3H2/b7-4-. The predicted molar refractivity (Wildman–Crippen MR) is 37.3 cm³/mol. The molecule has 0 N–H and O–H groups in total. The molecular formula is C7H9ClO. The van der Waals surface area contributed by atoms with Gasteiger partial charge in [0.1, 0.15) is 6.29 Å². The molecule has 0 saturated heterocycles. The van der Waals surface area contributed by atoms with Crippen LogP contribution in [0.3, 0.4) is 0 Å². The smallest absolute Gasteiger partial charge is 0.144 e. The number of carbonyl (C=O) groups excluding carboxylic acids is 1. The minimum atomic E-state index is 0.497. The molecule has 0 radical (unpaired) electrons. The summed E-state index contributed by atoms with van der Waals surface area (Å²) in [5.74, 6) is 0.497. The van der Waals surface area contributed by atoms with Crippen LogP contribution in [0.2, 0.25) is 0 Å². The third kappa shape index (κ3) is 1.55. The van der Waals surface area contributed by atoms with E-state index in [2.05, 4.69) is 0 Å². The Morgan fingerprint density at radius 1 is 1.56 bits per heavy atom. The number of rotatable bonds is 2. The lowest BCUT2D eigenvalue weighted by molar-refractivity contribution is -0.104. The Kier molecular flexibility index (Phi) is 2.29. The van der Waals surface area contributed by atoms with E-state index >= 15 is 0 Å². The fraction of sp³-hybridized carbons (Fsp3) is 0.571. The van der Waals surface area contributed by atoms with Crippen molar-refractivity contribution in [3.63, 3.8) is 0 Å². The largest absolute Gasteiger partial charge is 0.299 e. The monoisotopic (exact) mass is 144 g/mol. The van der Waals surface area contributed by atoms with Crippen molar-refractivity contribution < 1.29 is 4.79 Å². The maximum absolute atomic E-state index is 9.90. The molecule has 0 aromatic rings. The molecule has 0 atom stereocenters. The van der Waals surface area contributed by atoms with E-state index in [0.717, 1.165) is 24.2 Å². The summed E-state index contributed by atoms with van der Waals surface area (Å²) < 4.78 is 0. The van der Waals surface area contributed by atoms with Crippen LogP contribution in [-0.4, -0.2) is 6.29 Å². The van der Waals surface area contributed by atoms with Crippen molar-refractivity contribution in [3.05, 3.63) is 11.1 Å². The van der Waals surface area contributed by atoms with Crippen molar-refractivity contribution in [1.82, 2.24) is 0 Å². The Morgan fingerprint density at radius 2 is 2.22 bits per heavy atom. The number of carbonyl (C=O) groups is 1. The van der Waals surface area contributed by atoms with Crippen LogP contribution in [0.25, 0.3) is 0 Å². The highest BCUT2D eigenvalue weighted by atomic mass is 35.5. The Hall–Kier alpha value is -0.300. The molecule has 2 heteroatoms. The van der Waals surface area contributed by atoms with Gasteiger partial charge in [0.2, 0.25) is 0 Å². The highest BCUT2D eigenvalue weighted by molar-refractivity contribution is 6.30. The molecule has 0 aliphatic heterocycles. The van der Waals surface area contributed by atoms with Crippen molar-refractivity contribution in [2.75, 3.05) is 0 Å². The van der Waals surface area contributed by atoms with E-state index in [1.807, 2.05) is 0 Å². The molecule has 1 aliphatic rings. The van der Waals surface area contributed by atoms with Gasteiger partial charge in [0, 0.05) is 5.03 Å². The van der Waals surface area contributed by atoms with Crippen LogP contribution >= 0.6 is 11.6 Å². The van der Waals surface area contributed by atoms with Gasteiger partial charge >= 0.3 is 0 Å². The van der Waals surface area contributed by atoms with Crippen LogP contribution in [0.1, 0.15) is 19.3 Å². The molecule has 1 aliphatic carbocycles. The number of halogens is 1. The zero-order chi connectivity index (χ0) is 6.69. The van der Waals surface area contributed by atoms with Gasteiger partial charge in [0.15, 0.2) is 0 Å². The summed E-state index contributed by atoms with van der Waals surface area (Å²) in [7, 11) is 0. The number of aldehydes is 1. The fourth-order valence-corrected chi connectivity index (χ4v) is 1.15. The van der Waals surface area contributed by atoms with E-state index in [0.29, 0.717) is 5.92 Å². The van der Waals surface area contributed by atoms with Gasteiger partial charge in [-0.3, -0.25) is 4.79 Å². The Balaban J connectivity index is 2.39. The van der Waals surface area contributed by atoms with Crippen LogP contribution in [-0.2, 0) is 4.79 Å². The molecule has 1 fully saturated rings. The van der Waals surface area contributed by atoms with Crippen LogP contribution < -0.4 is 0 Å². The van der Waals surface area contributed by atoms with E-state index < -0.39 is 0 Å². The summed E-state index contributed by atoms with van der Waals surface area (Å²) in [6.45, 7) is 0. The van der Waals surface area contributed by atoms with E-state index in [9.17, 15) is 4.79 Å². The number of allylic oxidation sites excluding steroid dienone is 2. The van der Waals surface area contributed by atoms with E-state index in [1.54, 1.807) is 0 Å². The molecular weight excluding hydrogens is 136 g/mol. The average molecular weight is 145 g/mol. The van der Waals surface area contributed by atoms with Crippen LogP contribution in [0.15, 0.2) is 11.1 Å². The first-order valence-corrected chi connectivity index (χ1v) is 3.53. The first-order chi connectivity index (χ1) is 4.34. The summed E-state index contributed by atoms with van der Waals surface area (Å²) >= 11 is 5.71. The summed E-state index contributed by atoms with van der Waals surface area (Å²) in [5.41, 5.74) is 0. The molecule has 50 valence electrons. The van der Waals surface area contributed by atoms with Crippen molar-refractivity contribution in [2.45, 2.75) is 19.3 Å². The zero-order valence-electron chi connectivity index (χ0n) is 5.14. The van der Waals surface area contributed by atoms with Crippen molar-refractivity contribution in [3.8, 4) is 0 Å². The summed E-state index contributed by atoms with van der Waals surface area (Å²) in [5, 5.41) is 0.733. The van der Waals surface area contributed by atoms with Gasteiger partial charge < -0.3 is 0 Å². The van der Waals surface area contributed by atoms with Gasteiger partial charge in [-0.05, 0) is 24.8 Å². The van der Waals surface area contributed by atoms with Crippen molar-refractivity contribution in [2.24, 2.45) is 5.92 Å². The molecule has 0 bridgehead atoms. The van der Waals surface area contributed by atoms with Crippen molar-refractivity contribution in [1.29, 1.82) is 0 Å². The molecule has 1 nitrogen and oxygen atoms in total. The maximum Gasteiger partial charge on any atom is 0.144 e. The van der Waals surface area contributed by atoms with Crippen LogP contribution in [0, 0.1) is 5.92 Å². The molecule has 9 heavy (non-hydrogen) atoms. The average Bonchev–Trinajstić information content (AvgIpc) is 1.60. The van der Waals surface area contributed by atoms with Crippen LogP contribution in [0.4, 0.5) is 0 Å². The van der Waals surface area contributed by atoms with Gasteiger partial charge in [-0.2, -0.15) is 0 Å². The molecule has 0 aromatic heterocycles. The van der Waals surface area contributed by atoms with Gasteiger partial charge in [-0.1, -0.05) is 18.0 Å². The van der Waals surface area contributed by atoms with Gasteiger partial charge in [0.25, 0.3) is 0 Å². The fourth-order valence-electron chi connectivity index (χ4n) is 0.885. The predicted octanol–water partition coefficient (Wildman–Crippen LogP) is 2.11. The molecule has 0 amide bonds. The quantitative estimate of drug-likeness (QED) is 0.429. The minimum Gasteiger partial charge on any atom is -0.299 e. The molecule has 0 aromatic carbocycles. The highest BCUT2D eigenvalue weighted by Gasteiger charge is 2.19. The first-order valence-electron chi connectivity index (χ1n) is 3.15. The van der Waals surface area contributed by atoms with Gasteiger partial charge in [-0.25, -0.2) is 0 Å². The molecule has 1 saturated carbocycles. The van der Waals surface area contributed by atoms with Gasteiger partial charge in [-0.15, -0.1) is 0 Å². The second-order valence-corrected chi connectivity index (χ2v) is 2.75. The van der Waals surface area contributed by atoms with Gasteiger partial charge in [0.05, 0.1) is 0 Å². The molecule has 0 heterocycles. The Morgan fingerprint density at radius 3 is 2.56 bits per heavy atom. The molecule has 0 spiro atoms. The minimum absolute atomic E-state index is 0.497. The zero-order valence-corrected chi connectivity index (χ0v) is 5.90. The molecule has 0 unspecified atom stereocenters. The molecule has 1 rings (SSSR count). The SMILES string of the molecule is O=C/C=C(\Cl)C1CCC1. The first kappa shape index (κ1) is 6.81. The number of hydrogen-bond donors (Lipinski definition) is 0. The second kappa shape index (κ2) is 3.02. The Labute approximate surface area is 59.7 Å². The van der Waals surface area contributed by atoms with E-state index in [1.165, 1.54) is 12.5 Å². The third-order valence-corrected chi connectivity index (χ3v) is 2.16. The third-order valence-electron chi connectivity index (χ3n) is 1.72.